The first-order valence-corrected chi connectivity index (χ1v) is 7.32. The van der Waals surface area contributed by atoms with Gasteiger partial charge >= 0.3 is 0 Å². The lowest BCUT2D eigenvalue weighted by Crippen LogP contribution is -2.46. The Balaban J connectivity index is 1.94. The number of nitrogens with zero attached hydrogens (tertiary/aromatic N) is 1. The lowest BCUT2D eigenvalue weighted by Gasteiger charge is -2.36. The van der Waals surface area contributed by atoms with Gasteiger partial charge in [-0.2, -0.15) is 0 Å². The fraction of sp³-hybridized carbons (Fsp3) is 0.625. The molecular weight excluding hydrogens is 236 g/mol. The molecule has 0 saturated carbocycles. The minimum atomic E-state index is 0.279. The van der Waals surface area contributed by atoms with Crippen LogP contribution >= 0.6 is 0 Å². The zero-order valence-corrected chi connectivity index (χ0v) is 11.9. The molecule has 1 saturated heterocycles. The fourth-order valence-corrected chi connectivity index (χ4v) is 3.10. The van der Waals surface area contributed by atoms with E-state index in [1.165, 1.54) is 11.1 Å². The number of aryl methyl sites for hydroxylation is 1. The number of aliphatic hydroxyl groups excluding tert-OH is 1. The number of piperidine rings is 1. The maximum Gasteiger partial charge on any atom is 0.0431 e. The van der Waals surface area contributed by atoms with E-state index in [-0.39, 0.29) is 6.04 Å². The maximum absolute atomic E-state index is 8.96. The molecule has 1 fully saturated rings. The van der Waals surface area contributed by atoms with Gasteiger partial charge in [0.15, 0.2) is 0 Å². The van der Waals surface area contributed by atoms with Crippen LogP contribution in [0.1, 0.15) is 30.4 Å². The second-order valence-corrected chi connectivity index (χ2v) is 5.85. The quantitative estimate of drug-likeness (QED) is 0.852. The molecule has 1 aliphatic rings. The molecule has 1 aromatic rings. The molecule has 1 aliphatic heterocycles. The summed E-state index contributed by atoms with van der Waals surface area (Å²) in [7, 11) is 0. The van der Waals surface area contributed by atoms with E-state index < -0.39 is 0 Å². The van der Waals surface area contributed by atoms with Crippen LogP contribution in [0.2, 0.25) is 0 Å². The monoisotopic (exact) mass is 262 g/mol. The van der Waals surface area contributed by atoms with Crippen LogP contribution in [0, 0.1) is 12.8 Å². The van der Waals surface area contributed by atoms with Gasteiger partial charge in [-0.05, 0) is 43.2 Å². The predicted molar refractivity (Wildman–Crippen MR) is 78.9 cm³/mol. The van der Waals surface area contributed by atoms with Crippen LogP contribution in [-0.2, 0) is 6.54 Å². The second-order valence-electron chi connectivity index (χ2n) is 5.85. The molecular formula is C16H26N2O. The summed E-state index contributed by atoms with van der Waals surface area (Å²) in [5.41, 5.74) is 8.93. The summed E-state index contributed by atoms with van der Waals surface area (Å²) < 4.78 is 0. The van der Waals surface area contributed by atoms with Crippen molar-refractivity contribution in [3.63, 3.8) is 0 Å². The molecule has 106 valence electrons. The summed E-state index contributed by atoms with van der Waals surface area (Å²) in [5.74, 6) is 0.639. The third kappa shape index (κ3) is 4.30. The summed E-state index contributed by atoms with van der Waals surface area (Å²) >= 11 is 0. The van der Waals surface area contributed by atoms with Crippen LogP contribution in [0.15, 0.2) is 24.3 Å². The molecule has 0 spiro atoms. The van der Waals surface area contributed by atoms with E-state index >= 15 is 0 Å². The van der Waals surface area contributed by atoms with E-state index in [2.05, 4.69) is 36.1 Å². The molecule has 3 nitrogen and oxygen atoms in total. The number of rotatable bonds is 5. The second kappa shape index (κ2) is 7.04. The van der Waals surface area contributed by atoms with Crippen LogP contribution in [0.5, 0.6) is 0 Å². The van der Waals surface area contributed by atoms with Gasteiger partial charge in [0, 0.05) is 32.3 Å². The zero-order valence-electron chi connectivity index (χ0n) is 11.9. The van der Waals surface area contributed by atoms with Crippen molar-refractivity contribution in [3.8, 4) is 0 Å². The standard InChI is InChI=1S/C16H26N2O/c1-13-5-2-3-7-15(13)11-18-10-14(6-4-8-19)9-16(17)12-18/h2-3,5,7,14,16,19H,4,6,8-12,17H2,1H3. The number of nitrogens with two attached hydrogens (primary N) is 1. The van der Waals surface area contributed by atoms with Gasteiger partial charge in [0.2, 0.25) is 0 Å². The average molecular weight is 262 g/mol. The van der Waals surface area contributed by atoms with Crippen molar-refractivity contribution in [2.24, 2.45) is 11.7 Å². The Morgan fingerprint density at radius 3 is 2.84 bits per heavy atom. The molecule has 1 aromatic carbocycles. The van der Waals surface area contributed by atoms with Crippen molar-refractivity contribution in [2.45, 2.75) is 38.8 Å². The molecule has 3 N–H and O–H groups in total. The Kier molecular flexibility index (Phi) is 5.37. The van der Waals surface area contributed by atoms with E-state index in [0.29, 0.717) is 12.5 Å². The molecule has 0 radical (unpaired) electrons. The molecule has 3 heteroatoms. The number of hydrogen-bond acceptors (Lipinski definition) is 3. The molecule has 0 bridgehead atoms. The fourth-order valence-electron chi connectivity index (χ4n) is 3.10. The van der Waals surface area contributed by atoms with Gasteiger partial charge in [0.05, 0.1) is 0 Å². The highest BCUT2D eigenvalue weighted by Crippen LogP contribution is 2.22. The summed E-state index contributed by atoms with van der Waals surface area (Å²) in [5, 5.41) is 8.96. The number of benzene rings is 1. The van der Waals surface area contributed by atoms with Crippen molar-refractivity contribution < 1.29 is 5.11 Å². The van der Waals surface area contributed by atoms with Gasteiger partial charge in [0.1, 0.15) is 0 Å². The SMILES string of the molecule is Cc1ccccc1CN1CC(N)CC(CCCO)C1. The molecule has 19 heavy (non-hydrogen) atoms. The largest absolute Gasteiger partial charge is 0.396 e. The highest BCUT2D eigenvalue weighted by molar-refractivity contribution is 5.25. The van der Waals surface area contributed by atoms with Crippen molar-refractivity contribution in [1.29, 1.82) is 0 Å². The number of aliphatic hydroxyl groups is 1. The first-order chi connectivity index (χ1) is 9.19. The van der Waals surface area contributed by atoms with Crippen molar-refractivity contribution >= 4 is 0 Å². The minimum Gasteiger partial charge on any atom is -0.396 e. The third-order valence-corrected chi connectivity index (χ3v) is 4.07. The highest BCUT2D eigenvalue weighted by Gasteiger charge is 2.24. The Hall–Kier alpha value is -0.900. The van der Waals surface area contributed by atoms with Crippen LogP contribution in [0.4, 0.5) is 0 Å². The van der Waals surface area contributed by atoms with Gasteiger partial charge in [-0.3, -0.25) is 4.90 Å². The molecule has 0 amide bonds. The molecule has 1 heterocycles. The predicted octanol–water partition coefficient (Wildman–Crippen LogP) is 1.92. The van der Waals surface area contributed by atoms with E-state index in [1.807, 2.05) is 0 Å². The molecule has 2 rings (SSSR count). The Bertz CT molecular complexity index is 394. The lowest BCUT2D eigenvalue weighted by molar-refractivity contribution is 0.137. The summed E-state index contributed by atoms with van der Waals surface area (Å²) in [4.78, 5) is 2.47. The summed E-state index contributed by atoms with van der Waals surface area (Å²) in [6.07, 6.45) is 3.09. The minimum absolute atomic E-state index is 0.279. The van der Waals surface area contributed by atoms with Crippen molar-refractivity contribution in [3.05, 3.63) is 35.4 Å². The maximum atomic E-state index is 8.96. The zero-order chi connectivity index (χ0) is 13.7. The summed E-state index contributed by atoms with van der Waals surface area (Å²) in [6, 6.07) is 8.85. The lowest BCUT2D eigenvalue weighted by atomic mass is 9.90. The first kappa shape index (κ1) is 14.5. The van der Waals surface area contributed by atoms with Gasteiger partial charge in [-0.1, -0.05) is 24.3 Å². The Labute approximate surface area is 116 Å². The normalized spacial score (nSPS) is 24.6. The van der Waals surface area contributed by atoms with E-state index in [9.17, 15) is 0 Å². The summed E-state index contributed by atoms with van der Waals surface area (Å²) in [6.45, 7) is 5.56. The van der Waals surface area contributed by atoms with Crippen molar-refractivity contribution in [2.75, 3.05) is 19.7 Å². The van der Waals surface area contributed by atoms with E-state index in [4.69, 9.17) is 10.8 Å². The molecule has 2 unspecified atom stereocenters. The number of hydrogen-bond donors (Lipinski definition) is 2. The van der Waals surface area contributed by atoms with Crippen LogP contribution in [0.25, 0.3) is 0 Å². The molecule has 2 atom stereocenters. The third-order valence-electron chi connectivity index (χ3n) is 4.07. The molecule has 0 aliphatic carbocycles. The smallest absolute Gasteiger partial charge is 0.0431 e. The van der Waals surface area contributed by atoms with Crippen LogP contribution in [-0.4, -0.2) is 35.7 Å². The van der Waals surface area contributed by atoms with Gasteiger partial charge < -0.3 is 10.8 Å². The molecule has 0 aromatic heterocycles. The van der Waals surface area contributed by atoms with Crippen molar-refractivity contribution in [1.82, 2.24) is 4.90 Å². The van der Waals surface area contributed by atoms with Gasteiger partial charge in [-0.25, -0.2) is 0 Å². The van der Waals surface area contributed by atoms with Gasteiger partial charge in [-0.15, -0.1) is 0 Å². The van der Waals surface area contributed by atoms with Crippen LogP contribution < -0.4 is 5.73 Å². The highest BCUT2D eigenvalue weighted by atomic mass is 16.2. The average Bonchev–Trinajstić information content (AvgIpc) is 2.38. The van der Waals surface area contributed by atoms with Gasteiger partial charge in [0.25, 0.3) is 0 Å². The van der Waals surface area contributed by atoms with E-state index in [1.54, 1.807) is 0 Å². The topological polar surface area (TPSA) is 49.5 Å². The van der Waals surface area contributed by atoms with Crippen LogP contribution in [0.3, 0.4) is 0 Å². The Morgan fingerprint density at radius 2 is 2.11 bits per heavy atom. The van der Waals surface area contributed by atoms with E-state index in [0.717, 1.165) is 38.9 Å². The number of likely N-dealkylation sites (tertiary alicyclic amines) is 1. The first-order valence-electron chi connectivity index (χ1n) is 7.32. The Morgan fingerprint density at radius 1 is 1.32 bits per heavy atom.